The minimum atomic E-state index is -0.236. The Bertz CT molecular complexity index is 807. The first-order chi connectivity index (χ1) is 10.1. The molecule has 0 aliphatic heterocycles. The maximum atomic E-state index is 12.2. The Balaban J connectivity index is 1.92. The quantitative estimate of drug-likeness (QED) is 0.693. The molecule has 3 aromatic rings. The van der Waals surface area contributed by atoms with Gasteiger partial charge in [-0.2, -0.15) is 0 Å². The van der Waals surface area contributed by atoms with Crippen molar-refractivity contribution in [1.29, 1.82) is 0 Å². The predicted molar refractivity (Wildman–Crippen MR) is 84.7 cm³/mol. The lowest BCUT2D eigenvalue weighted by Gasteiger charge is -2.09. The number of aromatic hydroxyl groups is 1. The molecule has 0 radical (unpaired) electrons. The number of aryl methyl sites for hydroxylation is 1. The van der Waals surface area contributed by atoms with Gasteiger partial charge in [0.25, 0.3) is 5.91 Å². The molecule has 3 heteroatoms. The Morgan fingerprint density at radius 2 is 1.57 bits per heavy atom. The molecular weight excluding hydrogens is 262 g/mol. The van der Waals surface area contributed by atoms with Gasteiger partial charge in [0.15, 0.2) is 0 Å². The van der Waals surface area contributed by atoms with E-state index < -0.39 is 0 Å². The monoisotopic (exact) mass is 277 g/mol. The number of phenolic OH excluding ortho intramolecular Hbond substituents is 1. The van der Waals surface area contributed by atoms with Gasteiger partial charge in [-0.15, -0.1) is 0 Å². The minimum absolute atomic E-state index is 0.0640. The number of phenols is 1. The molecule has 0 atom stereocenters. The van der Waals surface area contributed by atoms with E-state index in [1.165, 1.54) is 0 Å². The normalized spacial score (nSPS) is 10.5. The summed E-state index contributed by atoms with van der Waals surface area (Å²) in [7, 11) is 0. The third-order valence-corrected chi connectivity index (χ3v) is 3.43. The Morgan fingerprint density at radius 1 is 0.952 bits per heavy atom. The van der Waals surface area contributed by atoms with E-state index in [1.807, 2.05) is 43.3 Å². The molecule has 104 valence electrons. The molecule has 0 saturated heterocycles. The molecule has 1 amide bonds. The Kier molecular flexibility index (Phi) is 3.32. The highest BCUT2D eigenvalue weighted by Gasteiger charge is 2.09. The van der Waals surface area contributed by atoms with Crippen molar-refractivity contribution in [2.75, 3.05) is 5.32 Å². The van der Waals surface area contributed by atoms with Gasteiger partial charge >= 0.3 is 0 Å². The third kappa shape index (κ3) is 2.72. The van der Waals surface area contributed by atoms with Crippen molar-refractivity contribution in [3.8, 4) is 5.75 Å². The first-order valence-electron chi connectivity index (χ1n) is 6.73. The van der Waals surface area contributed by atoms with Crippen molar-refractivity contribution >= 4 is 22.4 Å². The van der Waals surface area contributed by atoms with Gasteiger partial charge in [0.1, 0.15) is 5.75 Å². The van der Waals surface area contributed by atoms with E-state index in [4.69, 9.17) is 0 Å². The molecule has 0 heterocycles. The summed E-state index contributed by atoms with van der Waals surface area (Å²) in [6, 6.07) is 18.4. The van der Waals surface area contributed by atoms with Crippen LogP contribution in [-0.4, -0.2) is 11.0 Å². The predicted octanol–water partition coefficient (Wildman–Crippen LogP) is 4.11. The van der Waals surface area contributed by atoms with E-state index in [0.29, 0.717) is 11.3 Å². The van der Waals surface area contributed by atoms with Gasteiger partial charge < -0.3 is 10.4 Å². The fraction of sp³-hybridized carbons (Fsp3) is 0.0556. The molecule has 0 aliphatic rings. The second-order valence-electron chi connectivity index (χ2n) is 5.04. The number of anilines is 1. The lowest BCUT2D eigenvalue weighted by atomic mass is 10.1. The maximum absolute atomic E-state index is 12.2. The molecule has 0 saturated carbocycles. The standard InChI is InChI=1S/C18H15NO2/c1-12-6-8-13(9-7-12)18(21)19-16-10-14-4-2-3-5-15(14)11-17(16)20/h2-11,20H,1H3,(H,19,21). The minimum Gasteiger partial charge on any atom is -0.506 e. The largest absolute Gasteiger partial charge is 0.506 e. The van der Waals surface area contributed by atoms with E-state index in [1.54, 1.807) is 24.3 Å². The molecule has 0 unspecified atom stereocenters. The van der Waals surface area contributed by atoms with Crippen molar-refractivity contribution in [2.24, 2.45) is 0 Å². The van der Waals surface area contributed by atoms with Crippen LogP contribution in [0.3, 0.4) is 0 Å². The lowest BCUT2D eigenvalue weighted by Crippen LogP contribution is -2.11. The number of nitrogens with one attached hydrogen (secondary N) is 1. The van der Waals surface area contributed by atoms with Crippen molar-refractivity contribution in [2.45, 2.75) is 6.92 Å². The Labute approximate surface area is 122 Å². The Hall–Kier alpha value is -2.81. The van der Waals surface area contributed by atoms with Crippen LogP contribution < -0.4 is 5.32 Å². The van der Waals surface area contributed by atoms with Gasteiger partial charge in [0.2, 0.25) is 0 Å². The molecule has 3 nitrogen and oxygen atoms in total. The fourth-order valence-corrected chi connectivity index (χ4v) is 2.23. The zero-order chi connectivity index (χ0) is 14.8. The van der Waals surface area contributed by atoms with E-state index in [0.717, 1.165) is 16.3 Å². The van der Waals surface area contributed by atoms with Gasteiger partial charge in [0, 0.05) is 5.56 Å². The maximum Gasteiger partial charge on any atom is 0.255 e. The van der Waals surface area contributed by atoms with E-state index >= 15 is 0 Å². The van der Waals surface area contributed by atoms with Crippen LogP contribution in [0, 0.1) is 6.92 Å². The number of amides is 1. The number of carbonyl (C=O) groups excluding carboxylic acids is 1. The summed E-state index contributed by atoms with van der Waals surface area (Å²) in [4.78, 5) is 12.2. The van der Waals surface area contributed by atoms with Gasteiger partial charge in [-0.25, -0.2) is 0 Å². The number of fused-ring (bicyclic) bond motifs is 1. The number of hydrogen-bond acceptors (Lipinski definition) is 2. The highest BCUT2D eigenvalue weighted by Crippen LogP contribution is 2.29. The molecule has 2 N–H and O–H groups in total. The SMILES string of the molecule is Cc1ccc(C(=O)Nc2cc3ccccc3cc2O)cc1. The van der Waals surface area contributed by atoms with Crippen molar-refractivity contribution < 1.29 is 9.90 Å². The van der Waals surface area contributed by atoms with Crippen LogP contribution in [0.5, 0.6) is 5.75 Å². The van der Waals surface area contributed by atoms with Crippen molar-refractivity contribution in [1.82, 2.24) is 0 Å². The van der Waals surface area contributed by atoms with E-state index in [-0.39, 0.29) is 11.7 Å². The summed E-state index contributed by atoms with van der Waals surface area (Å²) >= 11 is 0. The van der Waals surface area contributed by atoms with Crippen LogP contribution in [0.4, 0.5) is 5.69 Å². The van der Waals surface area contributed by atoms with Crippen LogP contribution >= 0.6 is 0 Å². The summed E-state index contributed by atoms with van der Waals surface area (Å²) in [5.74, 6) is -0.172. The molecule has 0 aliphatic carbocycles. The molecule has 0 bridgehead atoms. The summed E-state index contributed by atoms with van der Waals surface area (Å²) in [6.45, 7) is 1.97. The molecule has 0 aromatic heterocycles. The van der Waals surface area contributed by atoms with E-state index in [9.17, 15) is 9.90 Å². The van der Waals surface area contributed by atoms with Gasteiger partial charge in [-0.1, -0.05) is 42.0 Å². The molecule has 3 rings (SSSR count). The number of rotatable bonds is 2. The van der Waals surface area contributed by atoms with Gasteiger partial charge in [-0.05, 0) is 42.0 Å². The summed E-state index contributed by atoms with van der Waals surface area (Å²) in [6.07, 6.45) is 0. The van der Waals surface area contributed by atoms with Gasteiger partial charge in [0.05, 0.1) is 5.69 Å². The fourth-order valence-electron chi connectivity index (χ4n) is 2.23. The highest BCUT2D eigenvalue weighted by atomic mass is 16.3. The zero-order valence-electron chi connectivity index (χ0n) is 11.6. The van der Waals surface area contributed by atoms with E-state index in [2.05, 4.69) is 5.32 Å². The first-order valence-corrected chi connectivity index (χ1v) is 6.73. The summed E-state index contributed by atoms with van der Waals surface area (Å²) < 4.78 is 0. The Morgan fingerprint density at radius 3 is 2.24 bits per heavy atom. The third-order valence-electron chi connectivity index (χ3n) is 3.43. The smallest absolute Gasteiger partial charge is 0.255 e. The number of carbonyl (C=O) groups is 1. The van der Waals surface area contributed by atoms with Crippen LogP contribution in [0.1, 0.15) is 15.9 Å². The average Bonchev–Trinajstić information content (AvgIpc) is 2.48. The molecule has 0 fully saturated rings. The van der Waals surface area contributed by atoms with Crippen LogP contribution in [0.15, 0.2) is 60.7 Å². The molecular formula is C18H15NO2. The summed E-state index contributed by atoms with van der Waals surface area (Å²) in [5, 5.41) is 14.7. The van der Waals surface area contributed by atoms with Crippen LogP contribution in [0.2, 0.25) is 0 Å². The number of benzene rings is 3. The topological polar surface area (TPSA) is 49.3 Å². The summed E-state index contributed by atoms with van der Waals surface area (Å²) in [5.41, 5.74) is 2.08. The van der Waals surface area contributed by atoms with Crippen molar-refractivity contribution in [3.63, 3.8) is 0 Å². The van der Waals surface area contributed by atoms with Crippen LogP contribution in [-0.2, 0) is 0 Å². The zero-order valence-corrected chi connectivity index (χ0v) is 11.6. The molecule has 3 aromatic carbocycles. The molecule has 0 spiro atoms. The number of hydrogen-bond donors (Lipinski definition) is 2. The van der Waals surface area contributed by atoms with Gasteiger partial charge in [-0.3, -0.25) is 4.79 Å². The first kappa shape index (κ1) is 13.2. The molecule has 21 heavy (non-hydrogen) atoms. The lowest BCUT2D eigenvalue weighted by molar-refractivity contribution is 0.102. The highest BCUT2D eigenvalue weighted by molar-refractivity contribution is 6.06. The second-order valence-corrected chi connectivity index (χ2v) is 5.04. The second kappa shape index (κ2) is 5.29. The average molecular weight is 277 g/mol. The van der Waals surface area contributed by atoms with Crippen molar-refractivity contribution in [3.05, 3.63) is 71.8 Å². The van der Waals surface area contributed by atoms with Crippen LogP contribution in [0.25, 0.3) is 10.8 Å².